The van der Waals surface area contributed by atoms with Gasteiger partial charge in [-0.2, -0.15) is 0 Å². The van der Waals surface area contributed by atoms with E-state index in [-0.39, 0.29) is 5.11 Å². The van der Waals surface area contributed by atoms with Gasteiger partial charge in [-0.15, -0.1) is 0 Å². The van der Waals surface area contributed by atoms with Gasteiger partial charge in [0.15, 0.2) is 5.11 Å². The molecule has 0 spiro atoms. The highest BCUT2D eigenvalue weighted by Crippen LogP contribution is 2.23. The molecule has 0 heterocycles. The molecule has 0 aromatic heterocycles. The van der Waals surface area contributed by atoms with Crippen LogP contribution < -0.4 is 25.6 Å². The van der Waals surface area contributed by atoms with E-state index >= 15 is 0 Å². The summed E-state index contributed by atoms with van der Waals surface area (Å²) in [5.41, 5.74) is 5.63. The molecule has 0 atom stereocenters. The minimum absolute atomic E-state index is 0.0586. The minimum atomic E-state index is -0.467. The Kier molecular flexibility index (Phi) is 8.63. The van der Waals surface area contributed by atoms with Crippen molar-refractivity contribution in [1.29, 1.82) is 0 Å². The van der Waals surface area contributed by atoms with Crippen LogP contribution in [0.3, 0.4) is 0 Å². The van der Waals surface area contributed by atoms with Crippen LogP contribution in [0.4, 0.5) is 0 Å². The van der Waals surface area contributed by atoms with E-state index in [0.717, 1.165) is 4.47 Å². The molecule has 29 heavy (non-hydrogen) atoms. The van der Waals surface area contributed by atoms with Gasteiger partial charge in [-0.3, -0.25) is 25.8 Å². The van der Waals surface area contributed by atoms with Gasteiger partial charge in [-0.05, 0) is 61.6 Å². The van der Waals surface area contributed by atoms with Crippen LogP contribution >= 0.6 is 28.1 Å². The zero-order valence-electron chi connectivity index (χ0n) is 15.7. The minimum Gasteiger partial charge on any atom is -0.493 e. The van der Waals surface area contributed by atoms with Crippen molar-refractivity contribution < 1.29 is 19.1 Å². The van der Waals surface area contributed by atoms with E-state index in [4.69, 9.17) is 21.7 Å². The van der Waals surface area contributed by atoms with E-state index in [0.29, 0.717) is 35.8 Å². The number of hydrogen-bond donors (Lipinski definition) is 3. The second-order valence-electron chi connectivity index (χ2n) is 5.56. The van der Waals surface area contributed by atoms with Crippen LogP contribution in [0.2, 0.25) is 0 Å². The van der Waals surface area contributed by atoms with Crippen molar-refractivity contribution in [2.24, 2.45) is 0 Å². The lowest BCUT2D eigenvalue weighted by Gasteiger charge is -2.13. The molecule has 0 aliphatic rings. The number of carbonyl (C=O) groups is 2. The van der Waals surface area contributed by atoms with Gasteiger partial charge in [0.1, 0.15) is 18.1 Å². The fourth-order valence-corrected chi connectivity index (χ4v) is 2.71. The molecule has 0 fully saturated rings. The Morgan fingerprint density at radius 3 is 2.48 bits per heavy atom. The third-order valence-corrected chi connectivity index (χ3v) is 4.18. The molecule has 2 rings (SSSR count). The molecule has 0 aliphatic carbocycles. The van der Waals surface area contributed by atoms with E-state index in [1.165, 1.54) is 0 Å². The van der Waals surface area contributed by atoms with Crippen molar-refractivity contribution in [3.05, 3.63) is 70.7 Å². The summed E-state index contributed by atoms with van der Waals surface area (Å²) in [5.74, 6) is 0.162. The normalized spacial score (nSPS) is 9.86. The average Bonchev–Trinajstić information content (AvgIpc) is 2.72. The Morgan fingerprint density at radius 2 is 1.83 bits per heavy atom. The first-order chi connectivity index (χ1) is 13.9. The maximum atomic E-state index is 12.5. The third kappa shape index (κ3) is 6.88. The Labute approximate surface area is 182 Å². The maximum absolute atomic E-state index is 12.5. The van der Waals surface area contributed by atoms with Crippen LogP contribution in [0.25, 0.3) is 0 Å². The predicted molar refractivity (Wildman–Crippen MR) is 118 cm³/mol. The van der Waals surface area contributed by atoms with E-state index in [2.05, 4.69) is 38.7 Å². The molecule has 9 heteroatoms. The Hall–Kier alpha value is -2.91. The Morgan fingerprint density at radius 1 is 1.10 bits per heavy atom. The Bertz CT molecular complexity index is 903. The largest absolute Gasteiger partial charge is 0.493 e. The van der Waals surface area contributed by atoms with E-state index < -0.39 is 11.8 Å². The summed E-state index contributed by atoms with van der Waals surface area (Å²) in [6.45, 7) is 6.19. The lowest BCUT2D eigenvalue weighted by Crippen LogP contribution is -2.48. The van der Waals surface area contributed by atoms with Crippen molar-refractivity contribution >= 4 is 45.1 Å². The highest BCUT2D eigenvalue weighted by molar-refractivity contribution is 9.10. The molecule has 2 aromatic rings. The van der Waals surface area contributed by atoms with Crippen LogP contribution in [0.1, 0.15) is 27.6 Å². The van der Waals surface area contributed by atoms with E-state index in [9.17, 15) is 9.59 Å². The smallest absolute Gasteiger partial charge is 0.269 e. The number of benzene rings is 2. The number of ether oxygens (including phenoxy) is 2. The lowest BCUT2D eigenvalue weighted by atomic mass is 10.2. The van der Waals surface area contributed by atoms with Crippen molar-refractivity contribution in [2.45, 2.75) is 6.92 Å². The molecule has 2 aromatic carbocycles. The molecule has 0 saturated carbocycles. The summed E-state index contributed by atoms with van der Waals surface area (Å²) in [4.78, 5) is 24.7. The second kappa shape index (κ2) is 11.2. The molecule has 0 unspecified atom stereocenters. The van der Waals surface area contributed by atoms with Crippen LogP contribution in [-0.2, 0) is 0 Å². The molecule has 152 valence electrons. The number of nitrogens with one attached hydrogen (secondary N) is 3. The third-order valence-electron chi connectivity index (χ3n) is 3.49. The molecule has 0 saturated heterocycles. The quantitative estimate of drug-likeness (QED) is 0.322. The number of amides is 2. The van der Waals surface area contributed by atoms with Gasteiger partial charge in [0.2, 0.25) is 0 Å². The predicted octanol–water partition coefficient (Wildman–Crippen LogP) is 3.36. The summed E-state index contributed by atoms with van der Waals surface area (Å²) >= 11 is 8.39. The molecular weight excluding hydrogens is 458 g/mol. The monoisotopic (exact) mass is 477 g/mol. The van der Waals surface area contributed by atoms with Crippen molar-refractivity contribution in [2.75, 3.05) is 13.2 Å². The average molecular weight is 478 g/mol. The van der Waals surface area contributed by atoms with Gasteiger partial charge in [-0.25, -0.2) is 0 Å². The van der Waals surface area contributed by atoms with Crippen LogP contribution in [-0.4, -0.2) is 30.1 Å². The fourth-order valence-electron chi connectivity index (χ4n) is 2.21. The van der Waals surface area contributed by atoms with E-state index in [1.54, 1.807) is 48.5 Å². The molecule has 3 N–H and O–H groups in total. The topological polar surface area (TPSA) is 88.7 Å². The second-order valence-corrected chi connectivity index (χ2v) is 6.88. The van der Waals surface area contributed by atoms with Crippen molar-refractivity contribution in [3.63, 3.8) is 0 Å². The summed E-state index contributed by atoms with van der Waals surface area (Å²) in [5, 5.41) is 2.44. The summed E-state index contributed by atoms with van der Waals surface area (Å²) < 4.78 is 11.5. The zero-order chi connectivity index (χ0) is 21.2. The number of rotatable bonds is 7. The Balaban J connectivity index is 1.91. The molecule has 7 nitrogen and oxygen atoms in total. The van der Waals surface area contributed by atoms with Crippen LogP contribution in [0.5, 0.6) is 11.5 Å². The molecular formula is C20H20BrN3O4S. The first-order valence-electron chi connectivity index (χ1n) is 8.62. The summed E-state index contributed by atoms with van der Waals surface area (Å²) in [6, 6.07) is 11.6. The van der Waals surface area contributed by atoms with Gasteiger partial charge in [0.05, 0.1) is 12.2 Å². The summed E-state index contributed by atoms with van der Waals surface area (Å²) in [6.07, 6.45) is 1.63. The zero-order valence-corrected chi connectivity index (χ0v) is 18.1. The number of hydrogen-bond acceptors (Lipinski definition) is 5. The van der Waals surface area contributed by atoms with Gasteiger partial charge in [-0.1, -0.05) is 28.6 Å². The number of carbonyl (C=O) groups excluding carboxylic acids is 2. The van der Waals surface area contributed by atoms with Crippen LogP contribution in [0.15, 0.2) is 59.6 Å². The summed E-state index contributed by atoms with van der Waals surface area (Å²) in [7, 11) is 0. The standard InChI is InChI=1S/C20H20BrN3O4S/c1-3-11-28-15-8-5-13(6-9-15)18(25)23-24-20(29)22-19(26)16-12-14(21)7-10-17(16)27-4-2/h3,5-10,12H,1,4,11H2,2H3,(H,23,25)(H2,22,24,26,29). The number of thiocarbonyl (C=S) groups is 1. The van der Waals surface area contributed by atoms with E-state index in [1.807, 2.05) is 6.92 Å². The molecule has 0 radical (unpaired) electrons. The molecule has 2 amide bonds. The molecule has 0 bridgehead atoms. The van der Waals surface area contributed by atoms with Gasteiger partial charge in [0.25, 0.3) is 11.8 Å². The highest BCUT2D eigenvalue weighted by atomic mass is 79.9. The first kappa shape index (κ1) is 22.4. The van der Waals surface area contributed by atoms with Gasteiger partial charge >= 0.3 is 0 Å². The SMILES string of the molecule is C=CCOc1ccc(C(=O)NNC(=S)NC(=O)c2cc(Br)ccc2OCC)cc1. The number of hydrazine groups is 1. The molecule has 0 aliphatic heterocycles. The van der Waals surface area contributed by atoms with Gasteiger partial charge < -0.3 is 9.47 Å². The maximum Gasteiger partial charge on any atom is 0.269 e. The van der Waals surface area contributed by atoms with Crippen molar-refractivity contribution in [3.8, 4) is 11.5 Å². The van der Waals surface area contributed by atoms with Gasteiger partial charge in [0, 0.05) is 10.0 Å². The highest BCUT2D eigenvalue weighted by Gasteiger charge is 2.15. The first-order valence-corrected chi connectivity index (χ1v) is 9.82. The van der Waals surface area contributed by atoms with Crippen LogP contribution in [0, 0.1) is 0 Å². The lowest BCUT2D eigenvalue weighted by molar-refractivity contribution is 0.0933. The van der Waals surface area contributed by atoms with Crippen molar-refractivity contribution in [1.82, 2.24) is 16.2 Å². The fraction of sp³-hybridized carbons (Fsp3) is 0.150. The number of halogens is 1.